The van der Waals surface area contributed by atoms with Crippen LogP contribution in [0.5, 0.6) is 0 Å². The average molecular weight is 410 g/mol. The lowest BCUT2D eigenvalue weighted by Crippen LogP contribution is -2.29. The van der Waals surface area contributed by atoms with Crippen LogP contribution in [0.1, 0.15) is 30.4 Å². The number of fused-ring (bicyclic) bond motifs is 1. The van der Waals surface area contributed by atoms with E-state index in [1.165, 1.54) is 0 Å². The molecule has 0 atom stereocenters. The quantitative estimate of drug-likeness (QED) is 0.579. The van der Waals surface area contributed by atoms with E-state index in [1.54, 1.807) is 29.3 Å². The molecule has 150 valence electrons. The van der Waals surface area contributed by atoms with Crippen LogP contribution in [0.15, 0.2) is 65.9 Å². The van der Waals surface area contributed by atoms with Crippen LogP contribution >= 0.6 is 11.6 Å². The number of nitrogens with zero attached hydrogens (tertiary/aromatic N) is 2. The van der Waals surface area contributed by atoms with Crippen LogP contribution < -0.4 is 5.32 Å². The first-order valence-corrected chi connectivity index (χ1v) is 9.98. The summed E-state index contributed by atoms with van der Waals surface area (Å²) in [5.74, 6) is 0.549. The van der Waals surface area contributed by atoms with Gasteiger partial charge in [0.25, 0.3) is 0 Å². The number of nitrogens with one attached hydrogen (secondary N) is 1. The van der Waals surface area contributed by atoms with Gasteiger partial charge in [0.05, 0.1) is 0 Å². The Morgan fingerprint density at radius 2 is 2.14 bits per heavy atom. The molecule has 0 bridgehead atoms. The van der Waals surface area contributed by atoms with E-state index >= 15 is 0 Å². The molecule has 3 heterocycles. The first kappa shape index (κ1) is 20.8. The lowest BCUT2D eigenvalue weighted by atomic mass is 10.0. The van der Waals surface area contributed by atoms with Gasteiger partial charge in [-0.05, 0) is 53.7 Å². The molecule has 2 amide bonds. The Kier molecular flexibility index (Phi) is 6.83. The van der Waals surface area contributed by atoms with Crippen LogP contribution in [-0.2, 0) is 16.0 Å². The number of hydrogen-bond acceptors (Lipinski definition) is 3. The Bertz CT molecular complexity index is 943. The van der Waals surface area contributed by atoms with Gasteiger partial charge >= 0.3 is 0 Å². The molecular weight excluding hydrogens is 386 g/mol. The number of rotatable bonds is 5. The fraction of sp³-hybridized carbons (Fsp3) is 0.261. The maximum absolute atomic E-state index is 12.7. The van der Waals surface area contributed by atoms with E-state index in [9.17, 15) is 9.59 Å². The first-order chi connectivity index (χ1) is 14.0. The van der Waals surface area contributed by atoms with E-state index in [4.69, 9.17) is 11.6 Å². The number of aromatic nitrogens is 1. The average Bonchev–Trinajstić information content (AvgIpc) is 2.96. The molecule has 1 N–H and O–H groups in total. The van der Waals surface area contributed by atoms with Crippen molar-refractivity contribution in [3.8, 4) is 0 Å². The Labute approximate surface area is 176 Å². The molecule has 0 fully saturated rings. The van der Waals surface area contributed by atoms with Crippen molar-refractivity contribution in [3.05, 3.63) is 77.0 Å². The Morgan fingerprint density at radius 3 is 2.90 bits per heavy atom. The predicted octanol–water partition coefficient (Wildman–Crippen LogP) is 4.39. The van der Waals surface area contributed by atoms with Crippen molar-refractivity contribution in [1.29, 1.82) is 0 Å². The summed E-state index contributed by atoms with van der Waals surface area (Å²) in [6, 6.07) is 1.96. The summed E-state index contributed by atoms with van der Waals surface area (Å²) in [5.41, 5.74) is 3.79. The summed E-state index contributed by atoms with van der Waals surface area (Å²) in [5, 5.41) is 3.24. The highest BCUT2D eigenvalue weighted by Gasteiger charge is 2.17. The maximum atomic E-state index is 12.7. The Balaban J connectivity index is 1.68. The van der Waals surface area contributed by atoms with Crippen molar-refractivity contribution < 1.29 is 9.59 Å². The second kappa shape index (κ2) is 9.52. The molecule has 6 heteroatoms. The van der Waals surface area contributed by atoms with Gasteiger partial charge < -0.3 is 10.2 Å². The summed E-state index contributed by atoms with van der Waals surface area (Å²) in [6.45, 7) is 8.74. The van der Waals surface area contributed by atoms with E-state index in [0.29, 0.717) is 36.8 Å². The van der Waals surface area contributed by atoms with Crippen molar-refractivity contribution in [2.45, 2.75) is 25.7 Å². The molecule has 0 unspecified atom stereocenters. The predicted molar refractivity (Wildman–Crippen MR) is 117 cm³/mol. The molecule has 1 aromatic heterocycles. The van der Waals surface area contributed by atoms with Gasteiger partial charge in [-0.2, -0.15) is 0 Å². The van der Waals surface area contributed by atoms with Gasteiger partial charge in [-0.25, -0.2) is 4.98 Å². The standard InChI is InChI=1S/C23H24ClN3O2/c1-3-5-20(16(2)24)18-6-4-12-27(13-11-18)22(29)10-7-17-14-19-8-9-21(28)26-23(19)25-15-17/h3,5,7,10-11,14-15H,1-2,4,6,8-9,12-13H2,(H,25,26,28)/b10-7+,20-5+. The normalized spacial score (nSPS) is 17.3. The first-order valence-electron chi connectivity index (χ1n) is 9.60. The van der Waals surface area contributed by atoms with Crippen LogP contribution in [0.4, 0.5) is 5.82 Å². The van der Waals surface area contributed by atoms with Gasteiger partial charge in [0.15, 0.2) is 0 Å². The Morgan fingerprint density at radius 1 is 1.31 bits per heavy atom. The highest BCUT2D eigenvalue weighted by atomic mass is 35.5. The third kappa shape index (κ3) is 5.33. The third-order valence-electron chi connectivity index (χ3n) is 4.95. The van der Waals surface area contributed by atoms with Crippen LogP contribution in [-0.4, -0.2) is 34.8 Å². The molecule has 0 saturated carbocycles. The van der Waals surface area contributed by atoms with Crippen molar-refractivity contribution in [1.82, 2.24) is 9.88 Å². The molecule has 0 spiro atoms. The van der Waals surface area contributed by atoms with Gasteiger partial charge in [0.1, 0.15) is 5.82 Å². The lowest BCUT2D eigenvalue weighted by Gasteiger charge is -2.17. The largest absolute Gasteiger partial charge is 0.335 e. The Hall–Kier alpha value is -2.92. The molecule has 2 aliphatic rings. The zero-order valence-electron chi connectivity index (χ0n) is 16.3. The minimum Gasteiger partial charge on any atom is -0.335 e. The molecular formula is C23H24ClN3O2. The molecule has 0 aliphatic carbocycles. The van der Waals surface area contributed by atoms with Crippen LogP contribution in [0.2, 0.25) is 0 Å². The number of amides is 2. The van der Waals surface area contributed by atoms with Gasteiger partial charge in [0, 0.05) is 36.8 Å². The monoisotopic (exact) mass is 409 g/mol. The highest BCUT2D eigenvalue weighted by Crippen LogP contribution is 2.27. The van der Waals surface area contributed by atoms with Crippen molar-refractivity contribution in [2.75, 3.05) is 18.4 Å². The second-order valence-electron chi connectivity index (χ2n) is 7.00. The number of carbonyl (C=O) groups is 2. The zero-order valence-corrected chi connectivity index (χ0v) is 17.0. The molecule has 5 nitrogen and oxygen atoms in total. The van der Waals surface area contributed by atoms with Crippen molar-refractivity contribution in [3.63, 3.8) is 0 Å². The van der Waals surface area contributed by atoms with Crippen molar-refractivity contribution >= 4 is 35.3 Å². The summed E-state index contributed by atoms with van der Waals surface area (Å²) in [4.78, 5) is 30.2. The minimum atomic E-state index is -0.0486. The van der Waals surface area contributed by atoms with Crippen LogP contribution in [0, 0.1) is 0 Å². The molecule has 0 radical (unpaired) electrons. The summed E-state index contributed by atoms with van der Waals surface area (Å²) in [7, 11) is 0. The van der Waals surface area contributed by atoms with E-state index in [1.807, 2.05) is 18.2 Å². The van der Waals surface area contributed by atoms with Gasteiger partial charge in [-0.15, -0.1) is 0 Å². The van der Waals surface area contributed by atoms with Gasteiger partial charge in [-0.1, -0.05) is 43.0 Å². The van der Waals surface area contributed by atoms with Crippen LogP contribution in [0.25, 0.3) is 6.08 Å². The number of aryl methyl sites for hydroxylation is 1. The summed E-state index contributed by atoms with van der Waals surface area (Å²) < 4.78 is 0. The summed E-state index contributed by atoms with van der Waals surface area (Å²) >= 11 is 6.11. The molecule has 0 saturated heterocycles. The number of hydrogen-bond donors (Lipinski definition) is 1. The van der Waals surface area contributed by atoms with Crippen LogP contribution in [0.3, 0.4) is 0 Å². The number of anilines is 1. The maximum Gasteiger partial charge on any atom is 0.246 e. The van der Waals surface area contributed by atoms with Gasteiger partial charge in [-0.3, -0.25) is 9.59 Å². The van der Waals surface area contributed by atoms with Crippen molar-refractivity contribution in [2.24, 2.45) is 0 Å². The molecule has 1 aromatic rings. The fourth-order valence-electron chi connectivity index (χ4n) is 3.45. The van der Waals surface area contributed by atoms with E-state index < -0.39 is 0 Å². The molecule has 2 aliphatic heterocycles. The lowest BCUT2D eigenvalue weighted by molar-refractivity contribution is -0.125. The second-order valence-corrected chi connectivity index (χ2v) is 7.45. The third-order valence-corrected chi connectivity index (χ3v) is 5.16. The topological polar surface area (TPSA) is 62.3 Å². The minimum absolute atomic E-state index is 0.0131. The molecule has 29 heavy (non-hydrogen) atoms. The number of pyridine rings is 1. The number of carbonyl (C=O) groups excluding carboxylic acids is 2. The fourth-order valence-corrected chi connectivity index (χ4v) is 3.63. The molecule has 3 rings (SSSR count). The summed E-state index contributed by atoms with van der Waals surface area (Å²) in [6.07, 6.45) is 13.4. The smallest absolute Gasteiger partial charge is 0.246 e. The zero-order chi connectivity index (χ0) is 20.8. The number of allylic oxidation sites excluding steroid dienone is 5. The molecule has 0 aromatic carbocycles. The number of halogens is 1. The van der Waals surface area contributed by atoms with E-state index in [-0.39, 0.29) is 11.8 Å². The highest BCUT2D eigenvalue weighted by molar-refractivity contribution is 6.32. The van der Waals surface area contributed by atoms with E-state index in [0.717, 1.165) is 35.1 Å². The SMILES string of the molecule is C=C/C=C(\C(=C)Cl)C1=CCN(C(=O)/C=C/c2cnc3c(c2)CCC(=O)N3)CCC1. The van der Waals surface area contributed by atoms with E-state index in [2.05, 4.69) is 23.5 Å². The van der Waals surface area contributed by atoms with Gasteiger partial charge in [0.2, 0.25) is 11.8 Å².